The van der Waals surface area contributed by atoms with Crippen LogP contribution in [0.1, 0.15) is 54.7 Å². The van der Waals surface area contributed by atoms with E-state index in [0.29, 0.717) is 29.7 Å². The number of nitrogens with zero attached hydrogens (tertiary/aromatic N) is 6. The maximum absolute atomic E-state index is 12.8. The van der Waals surface area contributed by atoms with Gasteiger partial charge in [-0.25, -0.2) is 4.98 Å². The highest BCUT2D eigenvalue weighted by molar-refractivity contribution is 6.03. The first kappa shape index (κ1) is 24.0. The van der Waals surface area contributed by atoms with Crippen LogP contribution in [0.15, 0.2) is 30.7 Å². The highest BCUT2D eigenvalue weighted by atomic mass is 19.4. The van der Waals surface area contributed by atoms with Gasteiger partial charge in [0.1, 0.15) is 17.4 Å². The molecule has 3 atom stereocenters. The summed E-state index contributed by atoms with van der Waals surface area (Å²) in [6.45, 7) is 6.27. The van der Waals surface area contributed by atoms with Crippen LogP contribution in [0.4, 0.5) is 30.6 Å². The average molecular weight is 501 g/mol. The summed E-state index contributed by atoms with van der Waals surface area (Å²) in [6, 6.07) is 2.29. The van der Waals surface area contributed by atoms with E-state index in [0.717, 1.165) is 23.6 Å². The molecular weight excluding hydrogens is 473 g/mol. The zero-order chi connectivity index (χ0) is 25.8. The molecule has 0 unspecified atom stereocenters. The summed E-state index contributed by atoms with van der Waals surface area (Å²) in [4.78, 5) is 27.1. The van der Waals surface area contributed by atoms with E-state index in [9.17, 15) is 18.0 Å². The van der Waals surface area contributed by atoms with Crippen molar-refractivity contribution in [2.75, 3.05) is 22.6 Å². The van der Waals surface area contributed by atoms with Gasteiger partial charge in [-0.05, 0) is 30.9 Å². The number of rotatable bonds is 6. The zero-order valence-electron chi connectivity index (χ0n) is 20.3. The molecule has 12 heteroatoms. The summed E-state index contributed by atoms with van der Waals surface area (Å²) in [7, 11) is 1.86. The van der Waals surface area contributed by atoms with Crippen molar-refractivity contribution in [3.63, 3.8) is 0 Å². The molecular formula is C24H27F3N8O. The molecule has 190 valence electrons. The van der Waals surface area contributed by atoms with Gasteiger partial charge in [0.25, 0.3) is 0 Å². The number of pyridine rings is 1. The summed E-state index contributed by atoms with van der Waals surface area (Å²) < 4.78 is 40.1. The van der Waals surface area contributed by atoms with Crippen molar-refractivity contribution < 1.29 is 18.0 Å². The summed E-state index contributed by atoms with van der Waals surface area (Å²) in [6.07, 6.45) is 1.33. The van der Waals surface area contributed by atoms with E-state index >= 15 is 0 Å². The minimum atomic E-state index is -4.44. The molecule has 1 fully saturated rings. The van der Waals surface area contributed by atoms with Gasteiger partial charge >= 0.3 is 6.18 Å². The van der Waals surface area contributed by atoms with Crippen LogP contribution in [0.25, 0.3) is 0 Å². The minimum Gasteiger partial charge on any atom is -0.350 e. The lowest BCUT2D eigenvalue weighted by molar-refractivity contribution is -0.141. The first-order valence-electron chi connectivity index (χ1n) is 11.7. The Morgan fingerprint density at radius 3 is 2.67 bits per heavy atom. The summed E-state index contributed by atoms with van der Waals surface area (Å²) in [5.74, 6) is 1.26. The number of fused-ring (bicyclic) bond motifs is 1. The number of aryl methyl sites for hydroxylation is 1. The van der Waals surface area contributed by atoms with Crippen LogP contribution in [0.3, 0.4) is 0 Å². The van der Waals surface area contributed by atoms with Gasteiger partial charge in [-0.2, -0.15) is 23.3 Å². The molecule has 36 heavy (non-hydrogen) atoms. The number of nitrogens with one attached hydrogen (secondary N) is 2. The highest BCUT2D eigenvalue weighted by Crippen LogP contribution is 2.51. The molecule has 4 heterocycles. The fourth-order valence-corrected chi connectivity index (χ4v) is 4.75. The SMILES string of the molecule is Cc1nc(NCc2cnn([C@H]3C[C@@H]3c3ccc(C(F)(F)F)nc3)c2)nc2c1NC(=O)[C@H](C(C)C)N2C. The predicted octanol–water partition coefficient (Wildman–Crippen LogP) is 4.15. The second kappa shape index (κ2) is 8.75. The summed E-state index contributed by atoms with van der Waals surface area (Å²) in [5.41, 5.74) is 2.11. The first-order valence-corrected chi connectivity index (χ1v) is 11.7. The molecule has 2 aliphatic rings. The Hall–Kier alpha value is -3.70. The second-order valence-electron chi connectivity index (χ2n) is 9.69. The third kappa shape index (κ3) is 4.47. The number of hydrogen-bond acceptors (Lipinski definition) is 7. The standard InChI is InChI=1S/C24H27F3N8O/c1-12(2)20-22(36)32-19-13(3)31-23(33-21(19)34(20)4)29-8-14-9-30-35(11-14)17-7-16(17)15-5-6-18(28-10-15)24(25,26)27/h5-6,9-12,16-17,20H,7-8H2,1-4H3,(H,32,36)(H,29,31,33)/t16-,17+,20+/m1/s1. The monoisotopic (exact) mass is 500 g/mol. The topological polar surface area (TPSA) is 101 Å². The van der Waals surface area contributed by atoms with Gasteiger partial charge in [-0.3, -0.25) is 14.5 Å². The molecule has 0 aromatic carbocycles. The van der Waals surface area contributed by atoms with E-state index in [2.05, 4.69) is 30.7 Å². The Kier molecular flexibility index (Phi) is 5.84. The van der Waals surface area contributed by atoms with E-state index in [-0.39, 0.29) is 29.8 Å². The molecule has 1 aliphatic heterocycles. The lowest BCUT2D eigenvalue weighted by Gasteiger charge is -2.36. The lowest BCUT2D eigenvalue weighted by Crippen LogP contribution is -2.49. The van der Waals surface area contributed by atoms with Gasteiger partial charge in [-0.1, -0.05) is 19.9 Å². The third-order valence-corrected chi connectivity index (χ3v) is 6.68. The zero-order valence-corrected chi connectivity index (χ0v) is 20.3. The van der Waals surface area contributed by atoms with Crippen LogP contribution in [0.5, 0.6) is 0 Å². The van der Waals surface area contributed by atoms with Crippen molar-refractivity contribution in [3.8, 4) is 0 Å². The van der Waals surface area contributed by atoms with Gasteiger partial charge in [0.2, 0.25) is 11.9 Å². The van der Waals surface area contributed by atoms with Crippen LogP contribution in [0.2, 0.25) is 0 Å². The van der Waals surface area contributed by atoms with E-state index < -0.39 is 11.9 Å². The molecule has 0 spiro atoms. The van der Waals surface area contributed by atoms with Crippen molar-refractivity contribution in [2.45, 2.75) is 57.9 Å². The fraction of sp³-hybridized carbons (Fsp3) is 0.458. The minimum absolute atomic E-state index is 0.0646. The molecule has 3 aromatic heterocycles. The van der Waals surface area contributed by atoms with Crippen molar-refractivity contribution >= 4 is 23.4 Å². The third-order valence-electron chi connectivity index (χ3n) is 6.68. The maximum Gasteiger partial charge on any atom is 0.433 e. The van der Waals surface area contributed by atoms with Crippen LogP contribution in [0, 0.1) is 12.8 Å². The molecule has 2 N–H and O–H groups in total. The summed E-state index contributed by atoms with van der Waals surface area (Å²) >= 11 is 0. The number of carbonyl (C=O) groups is 1. The largest absolute Gasteiger partial charge is 0.433 e. The van der Waals surface area contributed by atoms with Crippen LogP contribution in [-0.4, -0.2) is 43.7 Å². The normalized spacial score (nSPS) is 21.4. The molecule has 1 saturated carbocycles. The Morgan fingerprint density at radius 2 is 2.00 bits per heavy atom. The van der Waals surface area contributed by atoms with Crippen LogP contribution < -0.4 is 15.5 Å². The molecule has 5 rings (SSSR count). The number of hydrogen-bond donors (Lipinski definition) is 2. The predicted molar refractivity (Wildman–Crippen MR) is 128 cm³/mol. The molecule has 0 radical (unpaired) electrons. The number of carbonyl (C=O) groups excluding carboxylic acids is 1. The molecule has 9 nitrogen and oxygen atoms in total. The highest BCUT2D eigenvalue weighted by Gasteiger charge is 2.41. The van der Waals surface area contributed by atoms with Crippen molar-refractivity contribution in [3.05, 3.63) is 53.2 Å². The molecule has 1 aliphatic carbocycles. The van der Waals surface area contributed by atoms with Gasteiger partial charge in [0.15, 0.2) is 5.82 Å². The maximum atomic E-state index is 12.8. The van der Waals surface area contributed by atoms with Crippen LogP contribution in [-0.2, 0) is 17.5 Å². The van der Waals surface area contributed by atoms with Gasteiger partial charge in [-0.15, -0.1) is 0 Å². The van der Waals surface area contributed by atoms with Gasteiger partial charge in [0.05, 0.1) is 17.9 Å². The quantitative estimate of drug-likeness (QED) is 0.524. The summed E-state index contributed by atoms with van der Waals surface area (Å²) in [5, 5.41) is 10.6. The van der Waals surface area contributed by atoms with Crippen molar-refractivity contribution in [1.29, 1.82) is 0 Å². The first-order chi connectivity index (χ1) is 17.0. The number of amides is 1. The Bertz CT molecular complexity index is 1290. The van der Waals surface area contributed by atoms with Gasteiger partial charge < -0.3 is 15.5 Å². The van der Waals surface area contributed by atoms with Crippen LogP contribution >= 0.6 is 0 Å². The van der Waals surface area contributed by atoms with E-state index in [1.54, 1.807) is 6.20 Å². The molecule has 0 bridgehead atoms. The number of likely N-dealkylation sites (N-methyl/N-ethyl adjacent to an activating group) is 1. The smallest absolute Gasteiger partial charge is 0.350 e. The van der Waals surface area contributed by atoms with Gasteiger partial charge in [0, 0.05) is 37.5 Å². The Balaban J connectivity index is 1.24. The number of halogens is 3. The fourth-order valence-electron chi connectivity index (χ4n) is 4.75. The Morgan fingerprint density at radius 1 is 1.22 bits per heavy atom. The molecule has 3 aromatic rings. The van der Waals surface area contributed by atoms with Crippen molar-refractivity contribution in [1.82, 2.24) is 24.7 Å². The molecule has 0 saturated heterocycles. The van der Waals surface area contributed by atoms with E-state index in [4.69, 9.17) is 0 Å². The molecule has 1 amide bonds. The second-order valence-corrected chi connectivity index (χ2v) is 9.69. The Labute approximate surface area is 206 Å². The average Bonchev–Trinajstić information content (AvgIpc) is 3.47. The number of aromatic nitrogens is 5. The number of alkyl halides is 3. The van der Waals surface area contributed by atoms with E-state index in [1.165, 1.54) is 12.3 Å². The number of anilines is 3. The lowest BCUT2D eigenvalue weighted by atomic mass is 9.99. The van der Waals surface area contributed by atoms with E-state index in [1.807, 2.05) is 43.6 Å². The van der Waals surface area contributed by atoms with Crippen molar-refractivity contribution in [2.24, 2.45) is 5.92 Å².